The van der Waals surface area contributed by atoms with Crippen LogP contribution in [0.15, 0.2) is 42.6 Å². The molecule has 0 spiro atoms. The number of hydrogen-bond acceptors (Lipinski definition) is 4. The van der Waals surface area contributed by atoms with Gasteiger partial charge in [-0.15, -0.1) is 0 Å². The number of benzene rings is 1. The van der Waals surface area contributed by atoms with Gasteiger partial charge < -0.3 is 4.90 Å². The molecule has 1 aromatic carbocycles. The second-order valence-electron chi connectivity index (χ2n) is 4.89. The van der Waals surface area contributed by atoms with Crippen molar-refractivity contribution in [3.63, 3.8) is 0 Å². The Morgan fingerprint density at radius 3 is 2.48 bits per heavy atom. The van der Waals surface area contributed by atoms with E-state index < -0.39 is 17.6 Å². The predicted octanol–water partition coefficient (Wildman–Crippen LogP) is 2.92. The van der Waals surface area contributed by atoms with Crippen molar-refractivity contribution in [3.05, 3.63) is 53.7 Å². The van der Waals surface area contributed by atoms with Gasteiger partial charge in [0.15, 0.2) is 0 Å². The molecule has 2 aromatic rings. The number of hydrazine groups is 1. The van der Waals surface area contributed by atoms with Crippen molar-refractivity contribution in [2.75, 3.05) is 24.4 Å². The fraction of sp³-hybridized carbons (Fsp3) is 0.200. The number of nitrogens with one attached hydrogen (secondary N) is 2. The number of pyridine rings is 1. The van der Waals surface area contributed by atoms with Crippen LogP contribution in [0.2, 0.25) is 0 Å². The minimum atomic E-state index is -4.52. The van der Waals surface area contributed by atoms with Crippen LogP contribution in [-0.4, -0.2) is 25.0 Å². The molecule has 1 heterocycles. The smallest absolute Gasteiger partial charge is 0.362 e. The summed E-state index contributed by atoms with van der Waals surface area (Å²) in [6, 6.07) is 8.00. The Bertz CT molecular complexity index is 701. The number of para-hydroxylation sites is 1. The van der Waals surface area contributed by atoms with E-state index in [1.807, 2.05) is 0 Å². The van der Waals surface area contributed by atoms with Crippen molar-refractivity contribution in [2.45, 2.75) is 6.18 Å². The van der Waals surface area contributed by atoms with Gasteiger partial charge in [0.2, 0.25) is 0 Å². The summed E-state index contributed by atoms with van der Waals surface area (Å²) in [5, 5.41) is 0. The number of amides is 1. The van der Waals surface area contributed by atoms with Crippen molar-refractivity contribution < 1.29 is 18.0 Å². The van der Waals surface area contributed by atoms with Crippen molar-refractivity contribution in [1.29, 1.82) is 0 Å². The molecule has 23 heavy (non-hydrogen) atoms. The third kappa shape index (κ3) is 3.91. The van der Waals surface area contributed by atoms with E-state index in [-0.39, 0.29) is 11.3 Å². The van der Waals surface area contributed by atoms with Gasteiger partial charge in [-0.2, -0.15) is 13.2 Å². The lowest BCUT2D eigenvalue weighted by molar-refractivity contribution is -0.137. The van der Waals surface area contributed by atoms with Crippen molar-refractivity contribution >= 4 is 17.4 Å². The van der Waals surface area contributed by atoms with E-state index >= 15 is 0 Å². The highest BCUT2D eigenvalue weighted by molar-refractivity contribution is 5.99. The van der Waals surface area contributed by atoms with Crippen LogP contribution in [0.3, 0.4) is 0 Å². The number of aromatic nitrogens is 1. The average molecular weight is 324 g/mol. The monoisotopic (exact) mass is 324 g/mol. The summed E-state index contributed by atoms with van der Waals surface area (Å²) in [7, 11) is 3.43. The molecule has 0 atom stereocenters. The Morgan fingerprint density at radius 1 is 1.13 bits per heavy atom. The van der Waals surface area contributed by atoms with Crippen molar-refractivity contribution in [1.82, 2.24) is 10.4 Å². The number of halogens is 3. The van der Waals surface area contributed by atoms with Gasteiger partial charge in [0.25, 0.3) is 5.91 Å². The molecular weight excluding hydrogens is 309 g/mol. The van der Waals surface area contributed by atoms with Crippen LogP contribution in [0.4, 0.5) is 24.7 Å². The summed E-state index contributed by atoms with van der Waals surface area (Å²) >= 11 is 0. The molecule has 2 N–H and O–H groups in total. The molecule has 0 aliphatic carbocycles. The predicted molar refractivity (Wildman–Crippen MR) is 81.1 cm³/mol. The summed E-state index contributed by atoms with van der Waals surface area (Å²) in [4.78, 5) is 17.9. The summed E-state index contributed by atoms with van der Waals surface area (Å²) in [6.07, 6.45) is -2.99. The highest BCUT2D eigenvalue weighted by atomic mass is 19.4. The van der Waals surface area contributed by atoms with Gasteiger partial charge in [0.05, 0.1) is 16.8 Å². The molecule has 0 radical (unpaired) electrons. The number of carbonyl (C=O) groups excluding carboxylic acids is 1. The molecular formula is C15H15F3N4O. The second-order valence-corrected chi connectivity index (χ2v) is 4.89. The highest BCUT2D eigenvalue weighted by Gasteiger charge is 2.33. The van der Waals surface area contributed by atoms with Crippen LogP contribution >= 0.6 is 0 Å². The van der Waals surface area contributed by atoms with E-state index in [1.165, 1.54) is 30.5 Å². The molecule has 0 unspecified atom stereocenters. The molecule has 122 valence electrons. The van der Waals surface area contributed by atoms with Crippen LogP contribution in [0, 0.1) is 0 Å². The zero-order chi connectivity index (χ0) is 17.0. The summed E-state index contributed by atoms with van der Waals surface area (Å²) in [5.41, 5.74) is 3.74. The molecule has 1 amide bonds. The molecule has 0 aliphatic rings. The lowest BCUT2D eigenvalue weighted by Crippen LogP contribution is -2.32. The van der Waals surface area contributed by atoms with Gasteiger partial charge in [-0.1, -0.05) is 12.1 Å². The fourth-order valence-electron chi connectivity index (χ4n) is 1.96. The average Bonchev–Trinajstić information content (AvgIpc) is 2.52. The minimum Gasteiger partial charge on any atom is -0.362 e. The summed E-state index contributed by atoms with van der Waals surface area (Å²) < 4.78 is 38.7. The Morgan fingerprint density at radius 2 is 1.83 bits per heavy atom. The van der Waals surface area contributed by atoms with E-state index in [0.29, 0.717) is 5.82 Å². The van der Waals surface area contributed by atoms with Gasteiger partial charge in [0, 0.05) is 20.3 Å². The number of anilines is 2. The number of rotatable bonds is 4. The molecule has 0 saturated heterocycles. The van der Waals surface area contributed by atoms with E-state index in [9.17, 15) is 18.0 Å². The molecule has 1 aromatic heterocycles. The number of hydrogen-bond donors (Lipinski definition) is 2. The van der Waals surface area contributed by atoms with Gasteiger partial charge in [-0.25, -0.2) is 4.98 Å². The maximum Gasteiger partial charge on any atom is 0.418 e. The minimum absolute atomic E-state index is 0.233. The molecule has 0 aliphatic heterocycles. The Hall–Kier alpha value is -2.77. The van der Waals surface area contributed by atoms with Gasteiger partial charge >= 0.3 is 6.18 Å². The first-order chi connectivity index (χ1) is 10.8. The molecule has 5 nitrogen and oxygen atoms in total. The standard InChI is InChI=1S/C15H15F3N4O/c1-22(2)13-10(6-5-9-19-13)14(23)21-20-12-8-4-3-7-11(12)15(16,17)18/h3-9,20H,1-2H3,(H,21,23). The van der Waals surface area contributed by atoms with Crippen LogP contribution in [-0.2, 0) is 6.18 Å². The van der Waals surface area contributed by atoms with E-state index in [2.05, 4.69) is 15.8 Å². The highest BCUT2D eigenvalue weighted by Crippen LogP contribution is 2.34. The van der Waals surface area contributed by atoms with Gasteiger partial charge in [-0.05, 0) is 24.3 Å². The lowest BCUT2D eigenvalue weighted by Gasteiger charge is -2.17. The van der Waals surface area contributed by atoms with Crippen LogP contribution in [0.1, 0.15) is 15.9 Å². The number of carbonyl (C=O) groups is 1. The van der Waals surface area contributed by atoms with Crippen molar-refractivity contribution in [2.24, 2.45) is 0 Å². The first kappa shape index (κ1) is 16.6. The zero-order valence-electron chi connectivity index (χ0n) is 12.5. The fourth-order valence-corrected chi connectivity index (χ4v) is 1.96. The number of nitrogens with zero attached hydrogens (tertiary/aromatic N) is 2. The maximum absolute atomic E-state index is 12.9. The van der Waals surface area contributed by atoms with Crippen LogP contribution in [0.5, 0.6) is 0 Å². The molecule has 0 bridgehead atoms. The molecule has 0 saturated carbocycles. The normalized spacial score (nSPS) is 11.0. The lowest BCUT2D eigenvalue weighted by atomic mass is 10.2. The Balaban J connectivity index is 2.18. The van der Waals surface area contributed by atoms with Crippen LogP contribution < -0.4 is 15.8 Å². The first-order valence-electron chi connectivity index (χ1n) is 6.65. The molecule has 2 rings (SSSR count). The molecule has 8 heteroatoms. The summed E-state index contributed by atoms with van der Waals surface area (Å²) in [5.74, 6) is -0.172. The first-order valence-corrected chi connectivity index (χ1v) is 6.65. The zero-order valence-corrected chi connectivity index (χ0v) is 12.5. The largest absolute Gasteiger partial charge is 0.418 e. The third-order valence-corrected chi connectivity index (χ3v) is 3.00. The van der Waals surface area contributed by atoms with Crippen molar-refractivity contribution in [3.8, 4) is 0 Å². The third-order valence-electron chi connectivity index (χ3n) is 3.00. The topological polar surface area (TPSA) is 57.3 Å². The Kier molecular flexibility index (Phi) is 4.73. The quantitative estimate of drug-likeness (QED) is 0.849. The van der Waals surface area contributed by atoms with Gasteiger partial charge in [-0.3, -0.25) is 15.6 Å². The number of alkyl halides is 3. The Labute approximate surface area is 131 Å². The van der Waals surface area contributed by atoms with Gasteiger partial charge in [0.1, 0.15) is 5.82 Å². The van der Waals surface area contributed by atoms with E-state index in [1.54, 1.807) is 25.1 Å². The maximum atomic E-state index is 12.9. The van der Waals surface area contributed by atoms with E-state index in [0.717, 1.165) is 6.07 Å². The SMILES string of the molecule is CN(C)c1ncccc1C(=O)NNc1ccccc1C(F)(F)F. The van der Waals surface area contributed by atoms with E-state index in [4.69, 9.17) is 0 Å². The molecule has 0 fully saturated rings. The van der Waals surface area contributed by atoms with Crippen LogP contribution in [0.25, 0.3) is 0 Å². The summed E-state index contributed by atoms with van der Waals surface area (Å²) in [6.45, 7) is 0. The second kappa shape index (κ2) is 6.55.